The number of nitrogens with one attached hydrogen (secondary N) is 1. The lowest BCUT2D eigenvalue weighted by Crippen LogP contribution is -2.43. The molecule has 1 atom stereocenters. The number of piperazine rings is 1. The number of benzene rings is 3. The summed E-state index contributed by atoms with van der Waals surface area (Å²) in [6.45, 7) is 5.95. The van der Waals surface area contributed by atoms with Gasteiger partial charge in [-0.2, -0.15) is 0 Å². The average Bonchev–Trinajstić information content (AvgIpc) is 2.84. The number of rotatable bonds is 8. The number of hydrogen-bond acceptors (Lipinski definition) is 4. The van der Waals surface area contributed by atoms with Crippen LogP contribution < -0.4 is 5.32 Å². The minimum atomic E-state index is -0.285. The molecule has 0 spiro atoms. The number of carbonyl (C=O) groups is 1. The lowest BCUT2D eigenvalue weighted by atomic mass is 10.1. The molecule has 4 rings (SSSR count). The van der Waals surface area contributed by atoms with Crippen LogP contribution in [-0.4, -0.2) is 48.9 Å². The summed E-state index contributed by atoms with van der Waals surface area (Å²) in [6, 6.07) is 28.7. The fourth-order valence-electron chi connectivity index (χ4n) is 3.92. The van der Waals surface area contributed by atoms with Gasteiger partial charge in [-0.1, -0.05) is 72.8 Å². The molecule has 32 heavy (non-hydrogen) atoms. The fraction of sp³-hybridized carbons (Fsp3) is 0.296. The SMILES string of the molecule is CN1CCN(Cc2cccc(CNC(=O)C(Sc3ccccc3)c3ccccc3)c2)CC1. The Bertz CT molecular complexity index is 988. The number of amides is 1. The molecule has 0 aromatic heterocycles. The molecular formula is C27H31N3OS. The third kappa shape index (κ3) is 6.45. The summed E-state index contributed by atoms with van der Waals surface area (Å²) in [5, 5.41) is 2.89. The van der Waals surface area contributed by atoms with E-state index in [0.29, 0.717) is 6.54 Å². The van der Waals surface area contributed by atoms with Crippen molar-refractivity contribution in [3.8, 4) is 0 Å². The number of nitrogens with zero attached hydrogens (tertiary/aromatic N) is 2. The van der Waals surface area contributed by atoms with Crippen molar-refractivity contribution in [3.63, 3.8) is 0 Å². The quantitative estimate of drug-likeness (QED) is 0.515. The van der Waals surface area contributed by atoms with Gasteiger partial charge >= 0.3 is 0 Å². The predicted molar refractivity (Wildman–Crippen MR) is 133 cm³/mol. The van der Waals surface area contributed by atoms with Crippen molar-refractivity contribution in [2.75, 3.05) is 33.2 Å². The molecule has 1 aliphatic rings. The molecule has 1 aliphatic heterocycles. The monoisotopic (exact) mass is 445 g/mol. The van der Waals surface area contributed by atoms with Crippen molar-refractivity contribution in [3.05, 3.63) is 102 Å². The zero-order valence-corrected chi connectivity index (χ0v) is 19.4. The van der Waals surface area contributed by atoms with Gasteiger partial charge in [0, 0.05) is 44.2 Å². The molecule has 1 amide bonds. The first-order valence-corrected chi connectivity index (χ1v) is 12.1. The standard InChI is InChI=1S/C27H31N3OS/c1-29-15-17-30(18-16-29)21-23-10-8-9-22(19-23)20-28-27(31)26(24-11-4-2-5-12-24)32-25-13-6-3-7-14-25/h2-14,19,26H,15-18,20-21H2,1H3,(H,28,31). The molecule has 1 N–H and O–H groups in total. The Morgan fingerprint density at radius 2 is 1.53 bits per heavy atom. The van der Waals surface area contributed by atoms with E-state index in [1.165, 1.54) is 5.56 Å². The molecule has 1 heterocycles. The lowest BCUT2D eigenvalue weighted by molar-refractivity contribution is -0.120. The maximum atomic E-state index is 13.2. The van der Waals surface area contributed by atoms with E-state index in [0.717, 1.165) is 48.7 Å². The summed E-state index contributed by atoms with van der Waals surface area (Å²) in [5.41, 5.74) is 3.46. The topological polar surface area (TPSA) is 35.6 Å². The Hall–Kier alpha value is -2.60. The van der Waals surface area contributed by atoms with Gasteiger partial charge in [0.2, 0.25) is 5.91 Å². The van der Waals surface area contributed by atoms with Crippen molar-refractivity contribution in [1.82, 2.24) is 15.1 Å². The highest BCUT2D eigenvalue weighted by Gasteiger charge is 2.22. The highest BCUT2D eigenvalue weighted by atomic mass is 32.2. The van der Waals surface area contributed by atoms with Gasteiger partial charge in [-0.25, -0.2) is 0 Å². The second kappa shape index (κ2) is 11.3. The van der Waals surface area contributed by atoms with Crippen LogP contribution in [0.4, 0.5) is 0 Å². The highest BCUT2D eigenvalue weighted by Crippen LogP contribution is 2.35. The Morgan fingerprint density at radius 3 is 2.25 bits per heavy atom. The summed E-state index contributed by atoms with van der Waals surface area (Å²) in [4.78, 5) is 19.2. The van der Waals surface area contributed by atoms with Crippen LogP contribution in [0.25, 0.3) is 0 Å². The predicted octanol–water partition coefficient (Wildman–Crippen LogP) is 4.58. The van der Waals surface area contributed by atoms with Crippen LogP contribution in [0.5, 0.6) is 0 Å². The van der Waals surface area contributed by atoms with Gasteiger partial charge < -0.3 is 10.2 Å². The minimum Gasteiger partial charge on any atom is -0.351 e. The molecule has 3 aromatic rings. The van der Waals surface area contributed by atoms with Crippen molar-refractivity contribution < 1.29 is 4.79 Å². The zero-order chi connectivity index (χ0) is 22.2. The Balaban J connectivity index is 1.39. The molecule has 1 saturated heterocycles. The van der Waals surface area contributed by atoms with E-state index in [-0.39, 0.29) is 11.2 Å². The van der Waals surface area contributed by atoms with E-state index in [9.17, 15) is 4.79 Å². The van der Waals surface area contributed by atoms with Crippen molar-refractivity contribution >= 4 is 17.7 Å². The summed E-state index contributed by atoms with van der Waals surface area (Å²) in [5.74, 6) is 0.0366. The van der Waals surface area contributed by atoms with Gasteiger partial charge in [0.15, 0.2) is 0 Å². The molecule has 166 valence electrons. The van der Waals surface area contributed by atoms with Gasteiger partial charge in [0.05, 0.1) is 0 Å². The van der Waals surface area contributed by atoms with Crippen LogP contribution in [-0.2, 0) is 17.9 Å². The number of carbonyl (C=O) groups excluding carboxylic acids is 1. The first kappa shape index (κ1) is 22.6. The highest BCUT2D eigenvalue weighted by molar-refractivity contribution is 8.00. The van der Waals surface area contributed by atoms with Crippen molar-refractivity contribution in [2.45, 2.75) is 23.2 Å². The van der Waals surface area contributed by atoms with Crippen LogP contribution in [0.15, 0.2) is 89.8 Å². The molecule has 3 aromatic carbocycles. The Morgan fingerprint density at radius 1 is 0.875 bits per heavy atom. The summed E-state index contributed by atoms with van der Waals surface area (Å²) in [6.07, 6.45) is 0. The second-order valence-electron chi connectivity index (χ2n) is 8.34. The molecule has 5 heteroatoms. The summed E-state index contributed by atoms with van der Waals surface area (Å²) < 4.78 is 0. The van der Waals surface area contributed by atoms with Crippen LogP contribution in [0.2, 0.25) is 0 Å². The van der Waals surface area contributed by atoms with Crippen molar-refractivity contribution in [2.24, 2.45) is 0 Å². The molecule has 1 unspecified atom stereocenters. The molecule has 0 bridgehead atoms. The third-order valence-corrected chi connectivity index (χ3v) is 7.06. The smallest absolute Gasteiger partial charge is 0.238 e. The summed E-state index contributed by atoms with van der Waals surface area (Å²) >= 11 is 1.59. The maximum absolute atomic E-state index is 13.2. The molecule has 0 radical (unpaired) electrons. The van der Waals surface area contributed by atoms with E-state index in [1.807, 2.05) is 48.5 Å². The molecular weight excluding hydrogens is 414 g/mol. The zero-order valence-electron chi connectivity index (χ0n) is 18.6. The number of hydrogen-bond donors (Lipinski definition) is 1. The minimum absolute atomic E-state index is 0.0366. The molecule has 0 aliphatic carbocycles. The molecule has 0 saturated carbocycles. The van der Waals surface area contributed by atoms with E-state index >= 15 is 0 Å². The lowest BCUT2D eigenvalue weighted by Gasteiger charge is -2.32. The number of thioether (sulfide) groups is 1. The second-order valence-corrected chi connectivity index (χ2v) is 9.52. The van der Waals surface area contributed by atoms with Crippen LogP contribution in [0.1, 0.15) is 21.9 Å². The van der Waals surface area contributed by atoms with Crippen LogP contribution in [0.3, 0.4) is 0 Å². The van der Waals surface area contributed by atoms with Crippen LogP contribution in [0, 0.1) is 0 Å². The Labute approximate surface area is 195 Å². The van der Waals surface area contributed by atoms with Gasteiger partial charge in [0.1, 0.15) is 5.25 Å². The van der Waals surface area contributed by atoms with Crippen molar-refractivity contribution in [1.29, 1.82) is 0 Å². The fourth-order valence-corrected chi connectivity index (χ4v) is 4.99. The normalized spacial score (nSPS) is 15.9. The van der Waals surface area contributed by atoms with Gasteiger partial charge in [-0.15, -0.1) is 11.8 Å². The van der Waals surface area contributed by atoms with E-state index in [1.54, 1.807) is 11.8 Å². The molecule has 1 fully saturated rings. The first-order valence-electron chi connectivity index (χ1n) is 11.2. The van der Waals surface area contributed by atoms with Gasteiger partial charge in [-0.3, -0.25) is 9.69 Å². The van der Waals surface area contributed by atoms with Crippen LogP contribution >= 0.6 is 11.8 Å². The number of likely N-dealkylation sites (N-methyl/N-ethyl adjacent to an activating group) is 1. The average molecular weight is 446 g/mol. The largest absolute Gasteiger partial charge is 0.351 e. The van der Waals surface area contributed by atoms with E-state index < -0.39 is 0 Å². The molecule has 4 nitrogen and oxygen atoms in total. The first-order chi connectivity index (χ1) is 15.7. The van der Waals surface area contributed by atoms with Gasteiger partial charge in [-0.05, 0) is 35.9 Å². The summed E-state index contributed by atoms with van der Waals surface area (Å²) in [7, 11) is 2.18. The van der Waals surface area contributed by atoms with Gasteiger partial charge in [0.25, 0.3) is 0 Å². The van der Waals surface area contributed by atoms with E-state index in [2.05, 4.69) is 58.6 Å². The maximum Gasteiger partial charge on any atom is 0.238 e. The third-order valence-electron chi connectivity index (χ3n) is 5.80. The van der Waals surface area contributed by atoms with E-state index in [4.69, 9.17) is 0 Å². The Kier molecular flexibility index (Phi) is 7.99.